The molecule has 1 aliphatic carbocycles. The third-order valence-corrected chi connectivity index (χ3v) is 9.00. The van der Waals surface area contributed by atoms with Crippen molar-refractivity contribution in [1.82, 2.24) is 24.9 Å². The molecule has 0 saturated heterocycles. The second-order valence-corrected chi connectivity index (χ2v) is 11.8. The average Bonchev–Trinajstić information content (AvgIpc) is 3.43. The molecule has 3 heterocycles. The number of carbonyl (C=O) groups is 1. The lowest BCUT2D eigenvalue weighted by Gasteiger charge is -2.45. The number of sulfonamides is 1. The highest BCUT2D eigenvalue weighted by Crippen LogP contribution is 2.42. The number of carbonyl (C=O) groups excluding carboxylic acids is 1. The van der Waals surface area contributed by atoms with Crippen molar-refractivity contribution in [3.8, 4) is 0 Å². The van der Waals surface area contributed by atoms with Gasteiger partial charge in [0.25, 0.3) is 5.91 Å². The van der Waals surface area contributed by atoms with Gasteiger partial charge in [-0.15, -0.1) is 0 Å². The summed E-state index contributed by atoms with van der Waals surface area (Å²) in [5.41, 5.74) is 2.89. The van der Waals surface area contributed by atoms with Crippen molar-refractivity contribution in [3.05, 3.63) is 54.9 Å². The maximum Gasteiger partial charge on any atom is 0.254 e. The number of hydrogen-bond acceptors (Lipinski definition) is 8. The van der Waals surface area contributed by atoms with Gasteiger partial charge in [-0.2, -0.15) is 10.1 Å². The Morgan fingerprint density at radius 3 is 2.54 bits per heavy atom. The molecule has 3 N–H and O–H groups in total. The van der Waals surface area contributed by atoms with E-state index in [0.29, 0.717) is 23.1 Å². The van der Waals surface area contributed by atoms with Gasteiger partial charge in [0, 0.05) is 22.8 Å². The van der Waals surface area contributed by atoms with E-state index in [1.165, 1.54) is 25.6 Å². The summed E-state index contributed by atoms with van der Waals surface area (Å²) in [5, 5.41) is 11.3. The number of rotatable bonds is 6. The first kappa shape index (κ1) is 25.3. The van der Waals surface area contributed by atoms with Crippen LogP contribution in [0.25, 0.3) is 10.9 Å². The predicted octanol–water partition coefficient (Wildman–Crippen LogP) is 4.21. The quantitative estimate of drug-likeness (QED) is 0.327. The summed E-state index contributed by atoms with van der Waals surface area (Å²) in [6.45, 7) is 1.91. The van der Waals surface area contributed by atoms with Gasteiger partial charge in [0.15, 0.2) is 5.82 Å². The van der Waals surface area contributed by atoms with E-state index >= 15 is 0 Å². The summed E-state index contributed by atoms with van der Waals surface area (Å²) >= 11 is 0. The fourth-order valence-corrected chi connectivity index (χ4v) is 6.27. The van der Waals surface area contributed by atoms with Crippen LogP contribution in [-0.2, 0) is 14.8 Å². The van der Waals surface area contributed by atoms with E-state index < -0.39 is 16.1 Å². The van der Waals surface area contributed by atoms with Crippen LogP contribution < -0.4 is 19.8 Å². The summed E-state index contributed by atoms with van der Waals surface area (Å²) < 4.78 is 26.8. The maximum absolute atomic E-state index is 13.8. The van der Waals surface area contributed by atoms with Crippen LogP contribution in [0.5, 0.6) is 0 Å². The van der Waals surface area contributed by atoms with E-state index in [1.54, 1.807) is 29.4 Å². The topological polar surface area (TPSA) is 136 Å². The first-order valence-electron chi connectivity index (χ1n) is 13.1. The predicted molar refractivity (Wildman–Crippen MR) is 150 cm³/mol. The third kappa shape index (κ3) is 4.59. The number of benzene rings is 2. The van der Waals surface area contributed by atoms with Crippen molar-refractivity contribution in [1.29, 1.82) is 0 Å². The van der Waals surface area contributed by atoms with Crippen molar-refractivity contribution < 1.29 is 13.2 Å². The Kier molecular flexibility index (Phi) is 6.43. The standard InChI is InChI=1S/C27H30N8O3S/c1-17-26(36)35(21-9-11-22(12-10-21)39(37,38)28-2)24-16-29-27(31-19-8-13-23-18(14-19)15-30-33-23)32-25(24)34(17)20-6-4-3-5-7-20/h8-17,20,28H,3-7H2,1-2H3,(H,30,33)(H,29,31,32)/t17-/m1/s1. The van der Waals surface area contributed by atoms with Crippen LogP contribution in [0, 0.1) is 0 Å². The molecule has 2 aliphatic rings. The summed E-state index contributed by atoms with van der Waals surface area (Å²) in [5.74, 6) is 1.00. The first-order valence-corrected chi connectivity index (χ1v) is 14.6. The number of amides is 1. The van der Waals surface area contributed by atoms with Gasteiger partial charge in [-0.3, -0.25) is 14.8 Å². The van der Waals surface area contributed by atoms with Crippen LogP contribution in [0.2, 0.25) is 0 Å². The molecule has 0 radical (unpaired) electrons. The molecule has 0 bridgehead atoms. The summed E-state index contributed by atoms with van der Waals surface area (Å²) in [6.07, 6.45) is 8.85. The van der Waals surface area contributed by atoms with Gasteiger partial charge >= 0.3 is 0 Å². The maximum atomic E-state index is 13.8. The molecule has 12 heteroatoms. The summed E-state index contributed by atoms with van der Waals surface area (Å²) in [7, 11) is -2.23. The lowest BCUT2D eigenvalue weighted by Crippen LogP contribution is -2.55. The number of nitrogens with zero attached hydrogens (tertiary/aromatic N) is 5. The van der Waals surface area contributed by atoms with Crippen LogP contribution in [0.4, 0.5) is 28.8 Å². The van der Waals surface area contributed by atoms with Gasteiger partial charge in [-0.1, -0.05) is 19.3 Å². The van der Waals surface area contributed by atoms with Crippen molar-refractivity contribution in [2.45, 2.75) is 56.0 Å². The Labute approximate surface area is 226 Å². The lowest BCUT2D eigenvalue weighted by molar-refractivity contribution is -0.119. The van der Waals surface area contributed by atoms with Crippen LogP contribution >= 0.6 is 0 Å². The van der Waals surface area contributed by atoms with Crippen molar-refractivity contribution in [3.63, 3.8) is 0 Å². The summed E-state index contributed by atoms with van der Waals surface area (Å²) in [6, 6.07) is 11.9. The molecule has 202 valence electrons. The molecule has 0 unspecified atom stereocenters. The molecule has 6 rings (SSSR count). The molecule has 0 spiro atoms. The number of hydrogen-bond donors (Lipinski definition) is 3. The molecule has 1 atom stereocenters. The molecule has 2 aromatic carbocycles. The molecule has 2 aromatic heterocycles. The number of aromatic amines is 1. The number of fused-ring (bicyclic) bond motifs is 2. The molecule has 1 amide bonds. The zero-order valence-electron chi connectivity index (χ0n) is 21.8. The molecular formula is C27H30N8O3S. The van der Waals surface area contributed by atoms with Crippen LogP contribution in [0.1, 0.15) is 39.0 Å². The second-order valence-electron chi connectivity index (χ2n) is 9.95. The minimum atomic E-state index is -3.60. The van der Waals surface area contributed by atoms with E-state index in [2.05, 4.69) is 30.1 Å². The number of anilines is 5. The third-order valence-electron chi connectivity index (χ3n) is 7.57. The normalized spacial score (nSPS) is 18.4. The van der Waals surface area contributed by atoms with Crippen molar-refractivity contribution in [2.75, 3.05) is 22.2 Å². The fraction of sp³-hybridized carbons (Fsp3) is 0.333. The average molecular weight is 547 g/mol. The lowest BCUT2D eigenvalue weighted by atomic mass is 9.92. The van der Waals surface area contributed by atoms with Gasteiger partial charge < -0.3 is 10.2 Å². The van der Waals surface area contributed by atoms with Crippen LogP contribution in [0.15, 0.2) is 59.8 Å². The molecule has 39 heavy (non-hydrogen) atoms. The van der Waals surface area contributed by atoms with E-state index in [-0.39, 0.29) is 16.8 Å². The SMILES string of the molecule is CNS(=O)(=O)c1ccc(N2C(=O)[C@@H](C)N(C3CCCCC3)c3nc(Nc4ccc5[nH]ncc5c4)ncc32)cc1. The highest BCUT2D eigenvalue weighted by molar-refractivity contribution is 7.89. The van der Waals surface area contributed by atoms with Gasteiger partial charge in [0.1, 0.15) is 11.7 Å². The smallest absolute Gasteiger partial charge is 0.254 e. The minimum absolute atomic E-state index is 0.105. The van der Waals surface area contributed by atoms with Gasteiger partial charge in [-0.05, 0) is 69.3 Å². The highest BCUT2D eigenvalue weighted by Gasteiger charge is 2.41. The van der Waals surface area contributed by atoms with E-state index in [4.69, 9.17) is 4.98 Å². The molecule has 1 fully saturated rings. The van der Waals surface area contributed by atoms with Crippen molar-refractivity contribution >= 4 is 55.7 Å². The Morgan fingerprint density at radius 1 is 1.03 bits per heavy atom. The van der Waals surface area contributed by atoms with Crippen LogP contribution in [-0.4, -0.2) is 53.6 Å². The molecule has 11 nitrogen and oxygen atoms in total. The molecular weight excluding hydrogens is 516 g/mol. The van der Waals surface area contributed by atoms with Gasteiger partial charge in [0.2, 0.25) is 16.0 Å². The zero-order chi connectivity index (χ0) is 27.1. The Bertz CT molecular complexity index is 1630. The Balaban J connectivity index is 1.41. The number of H-pyrrole nitrogens is 1. The molecule has 1 saturated carbocycles. The Hall–Kier alpha value is -4.03. The van der Waals surface area contributed by atoms with Crippen LogP contribution in [0.3, 0.4) is 0 Å². The minimum Gasteiger partial charge on any atom is -0.340 e. The number of nitrogens with one attached hydrogen (secondary N) is 3. The monoisotopic (exact) mass is 546 g/mol. The van der Waals surface area contributed by atoms with Crippen molar-refractivity contribution in [2.24, 2.45) is 0 Å². The molecule has 1 aliphatic heterocycles. The fourth-order valence-electron chi connectivity index (χ4n) is 5.54. The van der Waals surface area contributed by atoms with E-state index in [1.807, 2.05) is 25.1 Å². The summed E-state index contributed by atoms with van der Waals surface area (Å²) in [4.78, 5) is 27.2. The van der Waals surface area contributed by atoms with E-state index in [0.717, 1.165) is 42.3 Å². The van der Waals surface area contributed by atoms with Gasteiger partial charge in [0.05, 0.1) is 22.8 Å². The number of aromatic nitrogens is 4. The second kappa shape index (κ2) is 9.93. The molecule has 4 aromatic rings. The zero-order valence-corrected chi connectivity index (χ0v) is 22.6. The highest BCUT2D eigenvalue weighted by atomic mass is 32.2. The Morgan fingerprint density at radius 2 is 1.79 bits per heavy atom. The largest absolute Gasteiger partial charge is 0.340 e. The van der Waals surface area contributed by atoms with E-state index in [9.17, 15) is 13.2 Å². The van der Waals surface area contributed by atoms with Gasteiger partial charge in [-0.25, -0.2) is 18.1 Å². The first-order chi connectivity index (χ1) is 18.9.